The summed E-state index contributed by atoms with van der Waals surface area (Å²) in [5, 5.41) is 12.6. The smallest absolute Gasteiger partial charge is 0.323 e. The number of carbonyl (C=O) groups is 1. The van der Waals surface area contributed by atoms with E-state index in [1.54, 1.807) is 6.92 Å². The molecule has 2 N–H and O–H groups in total. The van der Waals surface area contributed by atoms with E-state index in [0.717, 1.165) is 39.3 Å². The molecular formula is C14H29N3O2. The minimum atomic E-state index is -0.823. The van der Waals surface area contributed by atoms with E-state index in [1.165, 1.54) is 0 Å². The maximum absolute atomic E-state index is 11.4. The van der Waals surface area contributed by atoms with Gasteiger partial charge in [0, 0.05) is 38.8 Å². The van der Waals surface area contributed by atoms with Crippen LogP contribution in [0.3, 0.4) is 0 Å². The number of carboxylic acids is 1. The summed E-state index contributed by atoms with van der Waals surface area (Å²) in [4.78, 5) is 16.2. The largest absolute Gasteiger partial charge is 0.480 e. The van der Waals surface area contributed by atoms with Crippen molar-refractivity contribution in [2.45, 2.75) is 45.7 Å². The highest BCUT2D eigenvalue weighted by Gasteiger charge is 2.33. The molecule has 0 bridgehead atoms. The molecule has 0 saturated carbocycles. The van der Waals surface area contributed by atoms with Gasteiger partial charge in [-0.2, -0.15) is 0 Å². The molecule has 1 aliphatic heterocycles. The average Bonchev–Trinajstić information content (AvgIpc) is 2.36. The van der Waals surface area contributed by atoms with Crippen LogP contribution in [0.4, 0.5) is 0 Å². The summed E-state index contributed by atoms with van der Waals surface area (Å²) in [5.41, 5.74) is -0.823. The van der Waals surface area contributed by atoms with Crippen molar-refractivity contribution in [1.29, 1.82) is 0 Å². The van der Waals surface area contributed by atoms with Crippen molar-refractivity contribution in [3.8, 4) is 0 Å². The first kappa shape index (κ1) is 16.4. The number of piperazine rings is 1. The van der Waals surface area contributed by atoms with Crippen LogP contribution < -0.4 is 5.32 Å². The number of rotatable bonds is 7. The molecule has 0 aromatic rings. The van der Waals surface area contributed by atoms with Crippen LogP contribution in [0.5, 0.6) is 0 Å². The zero-order chi connectivity index (χ0) is 14.5. The number of nitrogens with one attached hydrogen (secondary N) is 1. The number of aliphatic carboxylic acids is 1. The highest BCUT2D eigenvalue weighted by Crippen LogP contribution is 2.13. The lowest BCUT2D eigenvalue weighted by Crippen LogP contribution is -2.55. The van der Waals surface area contributed by atoms with Gasteiger partial charge < -0.3 is 14.9 Å². The second-order valence-corrected chi connectivity index (χ2v) is 5.96. The van der Waals surface area contributed by atoms with Gasteiger partial charge in [0.25, 0.3) is 0 Å². The van der Waals surface area contributed by atoms with Crippen molar-refractivity contribution in [1.82, 2.24) is 15.1 Å². The molecule has 1 aliphatic rings. The fourth-order valence-corrected chi connectivity index (χ4v) is 2.59. The van der Waals surface area contributed by atoms with Gasteiger partial charge in [0.15, 0.2) is 0 Å². The van der Waals surface area contributed by atoms with Gasteiger partial charge in [0.2, 0.25) is 0 Å². The molecule has 1 saturated heterocycles. The minimum absolute atomic E-state index is 0.179. The standard InChI is InChI=1S/C14H29N3O2/c1-5-16-8-10-17(11-9-16)7-6-14(4,13(18)19)15-12(2)3/h12,15H,5-11H2,1-4H3,(H,18,19). The first-order valence-corrected chi connectivity index (χ1v) is 7.33. The molecule has 112 valence electrons. The predicted molar refractivity (Wildman–Crippen MR) is 77.5 cm³/mol. The molecule has 0 spiro atoms. The van der Waals surface area contributed by atoms with E-state index in [1.807, 2.05) is 13.8 Å². The molecule has 19 heavy (non-hydrogen) atoms. The van der Waals surface area contributed by atoms with Gasteiger partial charge >= 0.3 is 5.97 Å². The molecule has 1 heterocycles. The third-order valence-corrected chi connectivity index (χ3v) is 3.92. The second-order valence-electron chi connectivity index (χ2n) is 5.96. The van der Waals surface area contributed by atoms with Crippen LogP contribution >= 0.6 is 0 Å². The molecule has 1 rings (SSSR count). The van der Waals surface area contributed by atoms with Gasteiger partial charge in [0.05, 0.1) is 0 Å². The highest BCUT2D eigenvalue weighted by atomic mass is 16.4. The zero-order valence-electron chi connectivity index (χ0n) is 12.8. The number of carboxylic acid groups (broad SMARTS) is 1. The molecular weight excluding hydrogens is 242 g/mol. The Morgan fingerprint density at radius 3 is 2.21 bits per heavy atom. The molecule has 0 radical (unpaired) electrons. The SMILES string of the molecule is CCN1CCN(CCC(C)(NC(C)C)C(=O)O)CC1. The third-order valence-electron chi connectivity index (χ3n) is 3.92. The van der Waals surface area contributed by atoms with E-state index >= 15 is 0 Å². The predicted octanol–water partition coefficient (Wildman–Crippen LogP) is 0.855. The zero-order valence-corrected chi connectivity index (χ0v) is 12.8. The lowest BCUT2D eigenvalue weighted by molar-refractivity contribution is -0.145. The summed E-state index contributed by atoms with van der Waals surface area (Å²) in [6.45, 7) is 14.2. The minimum Gasteiger partial charge on any atom is -0.480 e. The fraction of sp³-hybridized carbons (Fsp3) is 0.929. The first-order chi connectivity index (χ1) is 8.87. The van der Waals surface area contributed by atoms with Crippen molar-refractivity contribution in [3.63, 3.8) is 0 Å². The van der Waals surface area contributed by atoms with Crippen molar-refractivity contribution in [3.05, 3.63) is 0 Å². The highest BCUT2D eigenvalue weighted by molar-refractivity contribution is 5.78. The summed E-state index contributed by atoms with van der Waals surface area (Å²) >= 11 is 0. The second kappa shape index (κ2) is 7.22. The summed E-state index contributed by atoms with van der Waals surface area (Å²) in [6.07, 6.45) is 0.645. The van der Waals surface area contributed by atoms with E-state index in [9.17, 15) is 9.90 Å². The molecule has 0 aromatic heterocycles. The summed E-state index contributed by atoms with van der Waals surface area (Å²) < 4.78 is 0. The number of hydrogen-bond acceptors (Lipinski definition) is 4. The molecule has 1 atom stereocenters. The first-order valence-electron chi connectivity index (χ1n) is 7.33. The van der Waals surface area contributed by atoms with Gasteiger partial charge in [0.1, 0.15) is 5.54 Å². The topological polar surface area (TPSA) is 55.8 Å². The lowest BCUT2D eigenvalue weighted by Gasteiger charge is -2.36. The fourth-order valence-electron chi connectivity index (χ4n) is 2.59. The maximum Gasteiger partial charge on any atom is 0.323 e. The quantitative estimate of drug-likeness (QED) is 0.719. The number of nitrogens with zero attached hydrogens (tertiary/aromatic N) is 2. The summed E-state index contributed by atoms with van der Waals surface area (Å²) in [6, 6.07) is 0.179. The van der Waals surface area contributed by atoms with Gasteiger partial charge in [-0.05, 0) is 33.7 Å². The van der Waals surface area contributed by atoms with Gasteiger partial charge in [-0.1, -0.05) is 6.92 Å². The van der Waals surface area contributed by atoms with Crippen molar-refractivity contribution < 1.29 is 9.90 Å². The average molecular weight is 271 g/mol. The monoisotopic (exact) mass is 271 g/mol. The van der Waals surface area contributed by atoms with Crippen LogP contribution in [0.15, 0.2) is 0 Å². The molecule has 0 aromatic carbocycles. The number of hydrogen-bond donors (Lipinski definition) is 2. The Labute approximate surface area is 117 Å². The maximum atomic E-state index is 11.4. The normalized spacial score (nSPS) is 21.5. The Bertz CT molecular complexity index is 288. The number of likely N-dealkylation sites (N-methyl/N-ethyl adjacent to an activating group) is 1. The summed E-state index contributed by atoms with van der Waals surface area (Å²) in [5.74, 6) is -0.756. The molecule has 0 amide bonds. The van der Waals surface area contributed by atoms with Crippen LogP contribution in [0.1, 0.15) is 34.1 Å². The van der Waals surface area contributed by atoms with Gasteiger partial charge in [-0.15, -0.1) is 0 Å². The lowest BCUT2D eigenvalue weighted by atomic mass is 9.96. The van der Waals surface area contributed by atoms with Crippen molar-refractivity contribution >= 4 is 5.97 Å². The van der Waals surface area contributed by atoms with E-state index in [-0.39, 0.29) is 6.04 Å². The van der Waals surface area contributed by atoms with Crippen LogP contribution in [0, 0.1) is 0 Å². The van der Waals surface area contributed by atoms with Crippen molar-refractivity contribution in [2.75, 3.05) is 39.3 Å². The van der Waals surface area contributed by atoms with Crippen LogP contribution in [-0.4, -0.2) is 71.7 Å². The van der Waals surface area contributed by atoms with Crippen LogP contribution in [0.2, 0.25) is 0 Å². The molecule has 5 heteroatoms. The molecule has 0 aliphatic carbocycles. The molecule has 1 fully saturated rings. The molecule has 1 unspecified atom stereocenters. The Hall–Kier alpha value is -0.650. The Balaban J connectivity index is 2.42. The Morgan fingerprint density at radius 1 is 1.26 bits per heavy atom. The van der Waals surface area contributed by atoms with E-state index in [0.29, 0.717) is 6.42 Å². The Kier molecular flexibility index (Phi) is 6.23. The van der Waals surface area contributed by atoms with Crippen LogP contribution in [-0.2, 0) is 4.79 Å². The van der Waals surface area contributed by atoms with Crippen molar-refractivity contribution in [2.24, 2.45) is 0 Å². The van der Waals surface area contributed by atoms with Gasteiger partial charge in [-0.3, -0.25) is 10.1 Å². The van der Waals surface area contributed by atoms with E-state index < -0.39 is 11.5 Å². The van der Waals surface area contributed by atoms with E-state index in [2.05, 4.69) is 22.0 Å². The summed E-state index contributed by atoms with van der Waals surface area (Å²) in [7, 11) is 0. The van der Waals surface area contributed by atoms with Crippen LogP contribution in [0.25, 0.3) is 0 Å². The third kappa shape index (κ3) is 5.09. The van der Waals surface area contributed by atoms with E-state index in [4.69, 9.17) is 0 Å². The van der Waals surface area contributed by atoms with Gasteiger partial charge in [-0.25, -0.2) is 0 Å². The molecule has 5 nitrogen and oxygen atoms in total. The Morgan fingerprint density at radius 2 is 1.79 bits per heavy atom.